The van der Waals surface area contributed by atoms with Crippen molar-refractivity contribution in [1.29, 1.82) is 0 Å². The van der Waals surface area contributed by atoms with Gasteiger partial charge in [-0.3, -0.25) is 4.79 Å². The van der Waals surface area contributed by atoms with Crippen molar-refractivity contribution < 1.29 is 4.79 Å². The number of hydrogen-bond acceptors (Lipinski definition) is 2. The molecule has 0 heterocycles. The minimum atomic E-state index is 0.0937. The van der Waals surface area contributed by atoms with E-state index in [1.807, 2.05) is 0 Å². The van der Waals surface area contributed by atoms with E-state index in [9.17, 15) is 4.79 Å². The van der Waals surface area contributed by atoms with Gasteiger partial charge in [0.05, 0.1) is 6.54 Å². The summed E-state index contributed by atoms with van der Waals surface area (Å²) in [6.07, 6.45) is 6.93. The summed E-state index contributed by atoms with van der Waals surface area (Å²) in [7, 11) is 0. The summed E-state index contributed by atoms with van der Waals surface area (Å²) in [5, 5.41) is 6.05. The predicted octanol–water partition coefficient (Wildman–Crippen LogP) is 1.46. The molecule has 2 N–H and O–H groups in total. The molecule has 0 aromatic heterocycles. The van der Waals surface area contributed by atoms with Crippen molar-refractivity contribution in [1.82, 2.24) is 10.6 Å². The molecule has 86 valence electrons. The van der Waals surface area contributed by atoms with Gasteiger partial charge in [0.15, 0.2) is 0 Å². The standard InChI is InChI=1S/C12H22N2O/c1-3-8-13-9-12(15)14-10(2)11-6-4-5-7-11/h3,10-11,13H,1,4-9H2,2H3,(H,14,15)/t10-/m1/s1. The SMILES string of the molecule is C=CCNCC(=O)N[C@H](C)C1CCCC1. The van der Waals surface area contributed by atoms with Crippen LogP contribution in [0.2, 0.25) is 0 Å². The van der Waals surface area contributed by atoms with Crippen LogP contribution in [0.3, 0.4) is 0 Å². The van der Waals surface area contributed by atoms with Gasteiger partial charge >= 0.3 is 0 Å². The molecule has 0 aromatic carbocycles. The van der Waals surface area contributed by atoms with Crippen LogP contribution in [0.5, 0.6) is 0 Å². The van der Waals surface area contributed by atoms with Crippen LogP contribution < -0.4 is 10.6 Å². The van der Waals surface area contributed by atoms with Gasteiger partial charge < -0.3 is 10.6 Å². The van der Waals surface area contributed by atoms with E-state index >= 15 is 0 Å². The largest absolute Gasteiger partial charge is 0.352 e. The number of amides is 1. The zero-order chi connectivity index (χ0) is 11.1. The summed E-state index contributed by atoms with van der Waals surface area (Å²) in [4.78, 5) is 11.5. The highest BCUT2D eigenvalue weighted by Crippen LogP contribution is 2.27. The Balaban J connectivity index is 2.15. The minimum Gasteiger partial charge on any atom is -0.352 e. The summed E-state index contributed by atoms with van der Waals surface area (Å²) in [5.41, 5.74) is 0. The number of rotatable bonds is 6. The fourth-order valence-corrected chi connectivity index (χ4v) is 2.17. The van der Waals surface area contributed by atoms with E-state index in [0.29, 0.717) is 25.0 Å². The van der Waals surface area contributed by atoms with Gasteiger partial charge in [-0.05, 0) is 25.7 Å². The molecule has 15 heavy (non-hydrogen) atoms. The quantitative estimate of drug-likeness (QED) is 0.515. The van der Waals surface area contributed by atoms with Crippen molar-refractivity contribution in [3.05, 3.63) is 12.7 Å². The van der Waals surface area contributed by atoms with Crippen LogP contribution in [0.25, 0.3) is 0 Å². The van der Waals surface area contributed by atoms with E-state index < -0.39 is 0 Å². The second-order valence-electron chi connectivity index (χ2n) is 4.32. The van der Waals surface area contributed by atoms with Crippen molar-refractivity contribution in [3.63, 3.8) is 0 Å². The van der Waals surface area contributed by atoms with Crippen LogP contribution in [-0.4, -0.2) is 25.0 Å². The molecule has 0 aliphatic heterocycles. The molecular weight excluding hydrogens is 188 g/mol. The van der Waals surface area contributed by atoms with Gasteiger partial charge in [0, 0.05) is 12.6 Å². The molecular formula is C12H22N2O. The van der Waals surface area contributed by atoms with Gasteiger partial charge in [0.2, 0.25) is 5.91 Å². The van der Waals surface area contributed by atoms with E-state index in [1.165, 1.54) is 25.7 Å². The van der Waals surface area contributed by atoms with Gasteiger partial charge in [0.1, 0.15) is 0 Å². The summed E-state index contributed by atoms with van der Waals surface area (Å²) in [5.74, 6) is 0.782. The minimum absolute atomic E-state index is 0.0937. The summed E-state index contributed by atoms with van der Waals surface area (Å²) >= 11 is 0. The second kappa shape index (κ2) is 6.62. The van der Waals surface area contributed by atoms with Gasteiger partial charge in [-0.1, -0.05) is 18.9 Å². The Hall–Kier alpha value is -0.830. The molecule has 0 bridgehead atoms. The molecule has 1 amide bonds. The van der Waals surface area contributed by atoms with Gasteiger partial charge in [0.25, 0.3) is 0 Å². The maximum atomic E-state index is 11.5. The van der Waals surface area contributed by atoms with Crippen molar-refractivity contribution >= 4 is 5.91 Å². The third-order valence-corrected chi connectivity index (χ3v) is 3.07. The summed E-state index contributed by atoms with van der Waals surface area (Å²) < 4.78 is 0. The van der Waals surface area contributed by atoms with Crippen molar-refractivity contribution in [2.24, 2.45) is 5.92 Å². The maximum Gasteiger partial charge on any atom is 0.234 e. The van der Waals surface area contributed by atoms with Gasteiger partial charge in [-0.25, -0.2) is 0 Å². The number of nitrogens with one attached hydrogen (secondary N) is 2. The average Bonchev–Trinajstić information content (AvgIpc) is 2.70. The second-order valence-corrected chi connectivity index (χ2v) is 4.32. The number of carbonyl (C=O) groups excluding carboxylic acids is 1. The molecule has 1 atom stereocenters. The maximum absolute atomic E-state index is 11.5. The molecule has 1 aliphatic carbocycles. The lowest BCUT2D eigenvalue weighted by molar-refractivity contribution is -0.121. The predicted molar refractivity (Wildman–Crippen MR) is 62.6 cm³/mol. The molecule has 0 aromatic rings. The van der Waals surface area contributed by atoms with E-state index in [2.05, 4.69) is 24.1 Å². The Morgan fingerprint density at radius 2 is 2.20 bits per heavy atom. The zero-order valence-electron chi connectivity index (χ0n) is 9.59. The molecule has 0 unspecified atom stereocenters. The Bertz CT molecular complexity index is 210. The highest BCUT2D eigenvalue weighted by atomic mass is 16.1. The first-order chi connectivity index (χ1) is 7.24. The number of carbonyl (C=O) groups is 1. The van der Waals surface area contributed by atoms with Gasteiger partial charge in [-0.2, -0.15) is 0 Å². The molecule has 1 aliphatic rings. The summed E-state index contributed by atoms with van der Waals surface area (Å²) in [6.45, 7) is 6.78. The zero-order valence-corrected chi connectivity index (χ0v) is 9.59. The Kier molecular flexibility index (Phi) is 5.40. The fourth-order valence-electron chi connectivity index (χ4n) is 2.17. The molecule has 3 nitrogen and oxygen atoms in total. The Labute approximate surface area is 92.3 Å². The molecule has 0 spiro atoms. The smallest absolute Gasteiger partial charge is 0.234 e. The van der Waals surface area contributed by atoms with E-state index in [4.69, 9.17) is 0 Å². The first-order valence-electron chi connectivity index (χ1n) is 5.85. The monoisotopic (exact) mass is 210 g/mol. The van der Waals surface area contributed by atoms with Crippen LogP contribution in [0, 0.1) is 5.92 Å². The third-order valence-electron chi connectivity index (χ3n) is 3.07. The third kappa shape index (κ3) is 4.47. The molecule has 0 radical (unpaired) electrons. The first kappa shape index (κ1) is 12.2. The highest BCUT2D eigenvalue weighted by molar-refractivity contribution is 5.78. The first-order valence-corrected chi connectivity index (χ1v) is 5.85. The van der Waals surface area contributed by atoms with Crippen LogP contribution in [0.15, 0.2) is 12.7 Å². The average molecular weight is 210 g/mol. The lowest BCUT2D eigenvalue weighted by Crippen LogP contribution is -2.42. The van der Waals surface area contributed by atoms with E-state index in [1.54, 1.807) is 6.08 Å². The van der Waals surface area contributed by atoms with Gasteiger partial charge in [-0.15, -0.1) is 6.58 Å². The fraction of sp³-hybridized carbons (Fsp3) is 0.750. The van der Waals surface area contributed by atoms with E-state index in [-0.39, 0.29) is 5.91 Å². The van der Waals surface area contributed by atoms with Crippen LogP contribution in [-0.2, 0) is 4.79 Å². The Morgan fingerprint density at radius 1 is 1.53 bits per heavy atom. The van der Waals surface area contributed by atoms with E-state index in [0.717, 1.165) is 0 Å². The van der Waals surface area contributed by atoms with Crippen LogP contribution in [0.4, 0.5) is 0 Å². The molecule has 3 heteroatoms. The highest BCUT2D eigenvalue weighted by Gasteiger charge is 2.22. The van der Waals surface area contributed by atoms with Crippen LogP contribution in [0.1, 0.15) is 32.6 Å². The molecule has 1 fully saturated rings. The topological polar surface area (TPSA) is 41.1 Å². The van der Waals surface area contributed by atoms with Crippen molar-refractivity contribution in [3.8, 4) is 0 Å². The number of hydrogen-bond donors (Lipinski definition) is 2. The van der Waals surface area contributed by atoms with Crippen molar-refractivity contribution in [2.75, 3.05) is 13.1 Å². The lowest BCUT2D eigenvalue weighted by Gasteiger charge is -2.20. The molecule has 1 saturated carbocycles. The summed E-state index contributed by atoms with van der Waals surface area (Å²) in [6, 6.07) is 0.325. The Morgan fingerprint density at radius 3 is 2.80 bits per heavy atom. The van der Waals surface area contributed by atoms with Crippen molar-refractivity contribution in [2.45, 2.75) is 38.6 Å². The normalized spacial score (nSPS) is 18.7. The molecule has 1 rings (SSSR count). The molecule has 0 saturated heterocycles. The lowest BCUT2D eigenvalue weighted by atomic mass is 10.00. The van der Waals surface area contributed by atoms with Crippen LogP contribution >= 0.6 is 0 Å².